The molecule has 1 aromatic heterocycles. The molecule has 3 nitrogen and oxygen atoms in total. The average Bonchev–Trinajstić information content (AvgIpc) is 2.80. The van der Waals surface area contributed by atoms with Gasteiger partial charge in [-0.3, -0.25) is 9.80 Å². The molecule has 2 aliphatic rings. The zero-order valence-electron chi connectivity index (χ0n) is 11.1. The number of piperazine rings is 1. The molecular formula is C14H19Cl2N3. The van der Waals surface area contributed by atoms with Gasteiger partial charge in [0.2, 0.25) is 0 Å². The van der Waals surface area contributed by atoms with E-state index in [-0.39, 0.29) is 0 Å². The van der Waals surface area contributed by atoms with Crippen LogP contribution in [-0.2, 0) is 6.54 Å². The van der Waals surface area contributed by atoms with Gasteiger partial charge in [-0.2, -0.15) is 0 Å². The van der Waals surface area contributed by atoms with Crippen LogP contribution < -0.4 is 0 Å². The van der Waals surface area contributed by atoms with Crippen LogP contribution in [-0.4, -0.2) is 46.5 Å². The molecule has 0 aromatic carbocycles. The quantitative estimate of drug-likeness (QED) is 0.783. The largest absolute Gasteiger partial charge is 0.298 e. The average molecular weight is 300 g/mol. The van der Waals surface area contributed by atoms with Gasteiger partial charge in [0.15, 0.2) is 0 Å². The van der Waals surface area contributed by atoms with Crippen molar-refractivity contribution in [3.63, 3.8) is 0 Å². The van der Waals surface area contributed by atoms with Crippen LogP contribution in [0.1, 0.15) is 25.3 Å². The summed E-state index contributed by atoms with van der Waals surface area (Å²) in [7, 11) is 0. The summed E-state index contributed by atoms with van der Waals surface area (Å²) in [6.07, 6.45) is 2.67. The fourth-order valence-corrected chi connectivity index (χ4v) is 3.65. The van der Waals surface area contributed by atoms with E-state index in [1.807, 2.05) is 12.1 Å². The second-order valence-corrected chi connectivity index (χ2v) is 6.40. The lowest BCUT2D eigenvalue weighted by Crippen LogP contribution is -2.54. The molecule has 5 heteroatoms. The molecule has 0 aliphatic carbocycles. The maximum atomic E-state index is 6.18. The second-order valence-electron chi connectivity index (χ2n) is 5.65. The highest BCUT2D eigenvalue weighted by molar-refractivity contribution is 6.32. The molecule has 2 atom stereocenters. The molecule has 104 valence electrons. The number of fused-ring (bicyclic) bond motifs is 1. The Morgan fingerprint density at radius 2 is 2.16 bits per heavy atom. The van der Waals surface area contributed by atoms with Gasteiger partial charge in [-0.25, -0.2) is 4.98 Å². The summed E-state index contributed by atoms with van der Waals surface area (Å²) in [5.41, 5.74) is 1.07. The van der Waals surface area contributed by atoms with Crippen molar-refractivity contribution in [1.82, 2.24) is 14.8 Å². The Hall–Kier alpha value is -0.350. The van der Waals surface area contributed by atoms with Gasteiger partial charge < -0.3 is 0 Å². The van der Waals surface area contributed by atoms with Crippen LogP contribution in [0.3, 0.4) is 0 Å². The minimum atomic E-state index is 0.461. The van der Waals surface area contributed by atoms with Crippen molar-refractivity contribution in [3.8, 4) is 0 Å². The molecule has 0 N–H and O–H groups in total. The summed E-state index contributed by atoms with van der Waals surface area (Å²) in [5, 5.41) is 0.996. The van der Waals surface area contributed by atoms with Crippen LogP contribution in [0.5, 0.6) is 0 Å². The molecule has 0 bridgehead atoms. The van der Waals surface area contributed by atoms with Crippen molar-refractivity contribution >= 4 is 23.2 Å². The van der Waals surface area contributed by atoms with Crippen LogP contribution >= 0.6 is 23.2 Å². The number of nitrogens with zero attached hydrogens (tertiary/aromatic N) is 3. The van der Waals surface area contributed by atoms with Crippen LogP contribution in [0.4, 0.5) is 0 Å². The first kappa shape index (κ1) is 13.6. The van der Waals surface area contributed by atoms with Gasteiger partial charge in [-0.05, 0) is 32.4 Å². The van der Waals surface area contributed by atoms with Crippen molar-refractivity contribution in [2.75, 3.05) is 19.6 Å². The number of rotatable bonds is 2. The zero-order chi connectivity index (χ0) is 13.4. The van der Waals surface area contributed by atoms with Gasteiger partial charge in [0.25, 0.3) is 0 Å². The van der Waals surface area contributed by atoms with Crippen LogP contribution in [0, 0.1) is 0 Å². The van der Waals surface area contributed by atoms with Gasteiger partial charge in [0.05, 0.1) is 0 Å². The highest BCUT2D eigenvalue weighted by atomic mass is 35.5. The van der Waals surface area contributed by atoms with Gasteiger partial charge in [0.1, 0.15) is 10.3 Å². The Bertz CT molecular complexity index is 466. The molecule has 0 spiro atoms. The molecule has 1 aromatic rings. The van der Waals surface area contributed by atoms with Crippen molar-refractivity contribution in [1.29, 1.82) is 0 Å². The lowest BCUT2D eigenvalue weighted by Gasteiger charge is -2.42. The number of pyridine rings is 1. The highest BCUT2D eigenvalue weighted by Gasteiger charge is 2.34. The van der Waals surface area contributed by atoms with Crippen molar-refractivity contribution in [3.05, 3.63) is 28.0 Å². The number of halogens is 2. The standard InChI is InChI=1S/C14H19Cl2N3/c1-10-7-18-6-2-3-12(18)9-19(10)8-11-4-5-13(15)17-14(11)16/h4-5,10,12H,2-3,6-9H2,1H3. The highest BCUT2D eigenvalue weighted by Crippen LogP contribution is 2.27. The van der Waals surface area contributed by atoms with E-state index in [1.165, 1.54) is 25.9 Å². The third-order valence-corrected chi connectivity index (χ3v) is 4.87. The molecule has 0 radical (unpaired) electrons. The lowest BCUT2D eigenvalue weighted by molar-refractivity contribution is 0.0540. The van der Waals surface area contributed by atoms with Crippen molar-refractivity contribution in [2.24, 2.45) is 0 Å². The van der Waals surface area contributed by atoms with E-state index in [4.69, 9.17) is 23.2 Å². The van der Waals surface area contributed by atoms with Crippen molar-refractivity contribution < 1.29 is 0 Å². The van der Waals surface area contributed by atoms with Crippen LogP contribution in [0.15, 0.2) is 12.1 Å². The summed E-state index contributed by atoms with van der Waals surface area (Å²) in [6, 6.07) is 5.11. The molecule has 2 saturated heterocycles. The summed E-state index contributed by atoms with van der Waals surface area (Å²) < 4.78 is 0. The van der Waals surface area contributed by atoms with Crippen molar-refractivity contribution in [2.45, 2.75) is 38.4 Å². The minimum absolute atomic E-state index is 0.461. The Balaban J connectivity index is 1.71. The topological polar surface area (TPSA) is 19.4 Å². The first-order valence-electron chi connectivity index (χ1n) is 6.92. The molecule has 19 heavy (non-hydrogen) atoms. The normalized spacial score (nSPS) is 28.6. The predicted octanol–water partition coefficient (Wildman–Crippen LogP) is 3.06. The van der Waals surface area contributed by atoms with Crippen LogP contribution in [0.25, 0.3) is 0 Å². The maximum absolute atomic E-state index is 6.18. The van der Waals surface area contributed by atoms with E-state index in [2.05, 4.69) is 21.7 Å². The van der Waals surface area contributed by atoms with Gasteiger partial charge >= 0.3 is 0 Å². The third kappa shape index (κ3) is 2.89. The molecule has 0 saturated carbocycles. The van der Waals surface area contributed by atoms with Crippen LogP contribution in [0.2, 0.25) is 10.3 Å². The molecule has 2 fully saturated rings. The monoisotopic (exact) mass is 299 g/mol. The minimum Gasteiger partial charge on any atom is -0.298 e. The van der Waals surface area contributed by atoms with E-state index in [0.29, 0.717) is 16.3 Å². The third-order valence-electron chi connectivity index (χ3n) is 4.33. The Morgan fingerprint density at radius 3 is 2.95 bits per heavy atom. The SMILES string of the molecule is CC1CN2CCCC2CN1Cc1ccc(Cl)nc1Cl. The van der Waals surface area contributed by atoms with E-state index in [0.717, 1.165) is 24.7 Å². The van der Waals surface area contributed by atoms with Gasteiger partial charge in [-0.15, -0.1) is 0 Å². The second kappa shape index (κ2) is 5.57. The summed E-state index contributed by atoms with van der Waals surface area (Å²) in [6.45, 7) is 6.75. The van der Waals surface area contributed by atoms with E-state index < -0.39 is 0 Å². The summed E-state index contributed by atoms with van der Waals surface area (Å²) in [4.78, 5) is 9.27. The van der Waals surface area contributed by atoms with E-state index in [9.17, 15) is 0 Å². The fraction of sp³-hybridized carbons (Fsp3) is 0.643. The molecule has 0 amide bonds. The van der Waals surface area contributed by atoms with E-state index >= 15 is 0 Å². The number of hydrogen-bond acceptors (Lipinski definition) is 3. The summed E-state index contributed by atoms with van der Waals surface area (Å²) >= 11 is 12.0. The molecule has 2 aliphatic heterocycles. The predicted molar refractivity (Wildman–Crippen MR) is 78.7 cm³/mol. The first-order chi connectivity index (χ1) is 9.13. The molecule has 2 unspecified atom stereocenters. The number of hydrogen-bond donors (Lipinski definition) is 0. The molecule has 3 heterocycles. The summed E-state index contributed by atoms with van der Waals surface area (Å²) in [5.74, 6) is 0. The Kier molecular flexibility index (Phi) is 3.99. The molecular weight excluding hydrogens is 281 g/mol. The Morgan fingerprint density at radius 1 is 1.32 bits per heavy atom. The lowest BCUT2D eigenvalue weighted by atomic mass is 10.1. The smallest absolute Gasteiger partial charge is 0.135 e. The van der Waals surface area contributed by atoms with E-state index in [1.54, 1.807) is 0 Å². The zero-order valence-corrected chi connectivity index (χ0v) is 12.7. The van der Waals surface area contributed by atoms with Gasteiger partial charge in [-0.1, -0.05) is 29.3 Å². The number of aromatic nitrogens is 1. The van der Waals surface area contributed by atoms with Gasteiger partial charge in [0, 0.05) is 37.3 Å². The first-order valence-corrected chi connectivity index (χ1v) is 7.68. The molecule has 3 rings (SSSR count). The Labute approximate surface area is 124 Å². The maximum Gasteiger partial charge on any atom is 0.135 e. The fourth-order valence-electron chi connectivity index (χ4n) is 3.25.